The molecule has 0 aliphatic carbocycles. The molecule has 3 heterocycles. The fraction of sp³-hybridized carbons (Fsp3) is 0.321. The van der Waals surface area contributed by atoms with Crippen molar-refractivity contribution in [2.45, 2.75) is 33.2 Å². The van der Waals surface area contributed by atoms with Crippen LogP contribution in [0.1, 0.15) is 41.2 Å². The molecule has 0 bridgehead atoms. The molecule has 1 N–H and O–H groups in total. The number of anilines is 1. The van der Waals surface area contributed by atoms with Gasteiger partial charge in [0.1, 0.15) is 11.5 Å². The smallest absolute Gasteiger partial charge is 0.252 e. The van der Waals surface area contributed by atoms with Gasteiger partial charge >= 0.3 is 0 Å². The third-order valence-electron chi connectivity index (χ3n) is 6.16. The fourth-order valence-corrected chi connectivity index (χ4v) is 4.28. The van der Waals surface area contributed by atoms with Crippen LogP contribution in [0.4, 0.5) is 5.82 Å². The Bertz CT molecular complexity index is 1320. The standard InChI is InChI=1S/C28H33N5O3/c1-5-23-28(32(6-2)18-20-10-12-24(35-3)25(17-20)36-4)33-19-21(11-13-26(33)31-23)27(34)30-16-14-22-9-7-8-15-29-22/h7-13,15,17,19H,5-6,14,16,18H2,1-4H3,(H,30,34). The number of aromatic nitrogens is 3. The van der Waals surface area contributed by atoms with Gasteiger partial charge in [-0.3, -0.25) is 14.2 Å². The molecule has 0 unspecified atom stereocenters. The number of hydrogen-bond acceptors (Lipinski definition) is 6. The van der Waals surface area contributed by atoms with Gasteiger partial charge in [0.05, 0.1) is 25.5 Å². The number of carbonyl (C=O) groups is 1. The predicted octanol–water partition coefficient (Wildman–Crippen LogP) is 4.31. The van der Waals surface area contributed by atoms with Crippen LogP contribution in [0.25, 0.3) is 5.65 Å². The van der Waals surface area contributed by atoms with Crippen LogP contribution >= 0.6 is 0 Å². The number of amides is 1. The van der Waals surface area contributed by atoms with Crippen molar-refractivity contribution in [3.63, 3.8) is 0 Å². The van der Waals surface area contributed by atoms with Crippen molar-refractivity contribution < 1.29 is 14.3 Å². The normalized spacial score (nSPS) is 10.9. The van der Waals surface area contributed by atoms with E-state index in [2.05, 4.69) is 29.0 Å². The molecule has 1 amide bonds. The number of rotatable bonds is 11. The quantitative estimate of drug-likeness (QED) is 0.340. The molecule has 8 heteroatoms. The first kappa shape index (κ1) is 25.0. The van der Waals surface area contributed by atoms with Crippen LogP contribution in [0.3, 0.4) is 0 Å². The molecule has 0 atom stereocenters. The number of ether oxygens (including phenoxy) is 2. The first-order valence-corrected chi connectivity index (χ1v) is 12.2. The van der Waals surface area contributed by atoms with Crippen LogP contribution in [0.15, 0.2) is 60.9 Å². The Morgan fingerprint density at radius 2 is 1.89 bits per heavy atom. The second-order valence-electron chi connectivity index (χ2n) is 8.41. The first-order chi connectivity index (χ1) is 17.6. The summed E-state index contributed by atoms with van der Waals surface area (Å²) in [6.07, 6.45) is 5.10. The summed E-state index contributed by atoms with van der Waals surface area (Å²) in [7, 11) is 3.27. The Hall–Kier alpha value is -4.07. The molecular formula is C28H33N5O3. The van der Waals surface area contributed by atoms with Crippen molar-refractivity contribution in [1.29, 1.82) is 0 Å². The van der Waals surface area contributed by atoms with Crippen LogP contribution < -0.4 is 19.7 Å². The summed E-state index contributed by atoms with van der Waals surface area (Å²) in [6.45, 7) is 6.17. The van der Waals surface area contributed by atoms with Gasteiger partial charge < -0.3 is 19.7 Å². The number of methoxy groups -OCH3 is 2. The van der Waals surface area contributed by atoms with E-state index in [-0.39, 0.29) is 5.91 Å². The van der Waals surface area contributed by atoms with Gasteiger partial charge in [-0.1, -0.05) is 19.1 Å². The average molecular weight is 488 g/mol. The zero-order chi connectivity index (χ0) is 25.5. The van der Waals surface area contributed by atoms with Crippen LogP contribution in [0, 0.1) is 0 Å². The number of imidazole rings is 1. The van der Waals surface area contributed by atoms with Crippen LogP contribution in [-0.4, -0.2) is 47.6 Å². The molecule has 0 fully saturated rings. The summed E-state index contributed by atoms with van der Waals surface area (Å²) in [5.41, 5.74) is 4.44. The summed E-state index contributed by atoms with van der Waals surface area (Å²) >= 11 is 0. The lowest BCUT2D eigenvalue weighted by atomic mass is 10.1. The maximum atomic E-state index is 12.9. The number of aryl methyl sites for hydroxylation is 1. The number of fused-ring (bicyclic) bond motifs is 1. The number of pyridine rings is 2. The zero-order valence-electron chi connectivity index (χ0n) is 21.3. The molecule has 4 rings (SSSR count). The van der Waals surface area contributed by atoms with E-state index in [1.807, 2.05) is 59.1 Å². The Balaban J connectivity index is 1.59. The van der Waals surface area contributed by atoms with Gasteiger partial charge in [-0.2, -0.15) is 0 Å². The minimum absolute atomic E-state index is 0.117. The summed E-state index contributed by atoms with van der Waals surface area (Å²) < 4.78 is 12.9. The average Bonchev–Trinajstić information content (AvgIpc) is 3.29. The third-order valence-corrected chi connectivity index (χ3v) is 6.16. The van der Waals surface area contributed by atoms with Crippen molar-refractivity contribution in [3.8, 4) is 11.5 Å². The molecule has 0 aliphatic heterocycles. The number of hydrogen-bond donors (Lipinski definition) is 1. The maximum absolute atomic E-state index is 12.9. The fourth-order valence-electron chi connectivity index (χ4n) is 4.28. The second kappa shape index (κ2) is 11.6. The molecule has 36 heavy (non-hydrogen) atoms. The summed E-state index contributed by atoms with van der Waals surface area (Å²) in [5.74, 6) is 2.28. The minimum atomic E-state index is -0.117. The van der Waals surface area contributed by atoms with E-state index in [4.69, 9.17) is 14.5 Å². The lowest BCUT2D eigenvalue weighted by Gasteiger charge is -2.24. The lowest BCUT2D eigenvalue weighted by Crippen LogP contribution is -2.27. The van der Waals surface area contributed by atoms with Crippen molar-refractivity contribution in [1.82, 2.24) is 19.7 Å². The molecule has 4 aromatic rings. The summed E-state index contributed by atoms with van der Waals surface area (Å²) in [6, 6.07) is 15.5. The third kappa shape index (κ3) is 5.43. The van der Waals surface area contributed by atoms with Crippen molar-refractivity contribution in [2.75, 3.05) is 32.2 Å². The van der Waals surface area contributed by atoms with Crippen LogP contribution in [-0.2, 0) is 19.4 Å². The van der Waals surface area contributed by atoms with E-state index in [1.54, 1.807) is 20.4 Å². The van der Waals surface area contributed by atoms with Gasteiger partial charge in [0.15, 0.2) is 11.5 Å². The Morgan fingerprint density at radius 3 is 2.58 bits per heavy atom. The van der Waals surface area contributed by atoms with Crippen LogP contribution in [0.2, 0.25) is 0 Å². The largest absolute Gasteiger partial charge is 0.493 e. The van der Waals surface area contributed by atoms with E-state index in [0.29, 0.717) is 36.6 Å². The first-order valence-electron chi connectivity index (χ1n) is 12.2. The molecule has 0 saturated heterocycles. The Morgan fingerprint density at radius 1 is 1.06 bits per heavy atom. The Kier molecular flexibility index (Phi) is 8.05. The molecule has 3 aromatic heterocycles. The zero-order valence-corrected chi connectivity index (χ0v) is 21.3. The summed E-state index contributed by atoms with van der Waals surface area (Å²) in [4.78, 5) is 24.3. The topological polar surface area (TPSA) is 81.0 Å². The van der Waals surface area contributed by atoms with E-state index in [9.17, 15) is 4.79 Å². The number of benzene rings is 1. The van der Waals surface area contributed by atoms with Crippen molar-refractivity contribution in [3.05, 3.63) is 83.4 Å². The summed E-state index contributed by atoms with van der Waals surface area (Å²) in [5, 5.41) is 3.01. The molecule has 1 aromatic carbocycles. The van der Waals surface area contributed by atoms with Gasteiger partial charge in [-0.05, 0) is 55.3 Å². The minimum Gasteiger partial charge on any atom is -0.493 e. The maximum Gasteiger partial charge on any atom is 0.252 e. The highest BCUT2D eigenvalue weighted by atomic mass is 16.5. The highest BCUT2D eigenvalue weighted by molar-refractivity contribution is 5.94. The second-order valence-corrected chi connectivity index (χ2v) is 8.41. The van der Waals surface area contributed by atoms with Gasteiger partial charge in [0.2, 0.25) is 0 Å². The molecule has 0 aliphatic rings. The SMILES string of the molecule is CCc1nc2ccc(C(=O)NCCc3ccccn3)cn2c1N(CC)Cc1ccc(OC)c(OC)c1. The van der Waals surface area contributed by atoms with Gasteiger partial charge in [0, 0.05) is 44.1 Å². The van der Waals surface area contributed by atoms with E-state index in [0.717, 1.165) is 41.4 Å². The Labute approximate surface area is 211 Å². The van der Waals surface area contributed by atoms with E-state index in [1.165, 1.54) is 0 Å². The lowest BCUT2D eigenvalue weighted by molar-refractivity contribution is 0.0953. The van der Waals surface area contributed by atoms with Crippen LogP contribution in [0.5, 0.6) is 11.5 Å². The molecule has 8 nitrogen and oxygen atoms in total. The molecule has 188 valence electrons. The van der Waals surface area contributed by atoms with Crippen molar-refractivity contribution >= 4 is 17.4 Å². The van der Waals surface area contributed by atoms with Gasteiger partial charge in [-0.15, -0.1) is 0 Å². The van der Waals surface area contributed by atoms with Gasteiger partial charge in [-0.25, -0.2) is 4.98 Å². The molecule has 0 spiro atoms. The highest BCUT2D eigenvalue weighted by Gasteiger charge is 2.19. The molecule has 0 saturated carbocycles. The highest BCUT2D eigenvalue weighted by Crippen LogP contribution is 2.30. The predicted molar refractivity (Wildman–Crippen MR) is 141 cm³/mol. The van der Waals surface area contributed by atoms with E-state index < -0.39 is 0 Å². The molecule has 0 radical (unpaired) electrons. The van der Waals surface area contributed by atoms with Crippen molar-refractivity contribution in [2.24, 2.45) is 0 Å². The number of nitrogens with one attached hydrogen (secondary N) is 1. The van der Waals surface area contributed by atoms with E-state index >= 15 is 0 Å². The number of carbonyl (C=O) groups excluding carboxylic acids is 1. The van der Waals surface area contributed by atoms with Gasteiger partial charge in [0.25, 0.3) is 5.91 Å². The molecular weight excluding hydrogens is 454 g/mol. The number of nitrogens with zero attached hydrogens (tertiary/aromatic N) is 4. The monoisotopic (exact) mass is 487 g/mol.